The highest BCUT2D eigenvalue weighted by Gasteiger charge is 2.13. The monoisotopic (exact) mass is 335 g/mol. The summed E-state index contributed by atoms with van der Waals surface area (Å²) in [5, 5.41) is 2.52. The predicted molar refractivity (Wildman–Crippen MR) is 92.6 cm³/mol. The molecular weight excluding hydrogens is 318 g/mol. The van der Waals surface area contributed by atoms with Crippen molar-refractivity contribution < 1.29 is 9.53 Å². The lowest BCUT2D eigenvalue weighted by Gasteiger charge is -2.10. The lowest BCUT2D eigenvalue weighted by atomic mass is 10.3. The summed E-state index contributed by atoms with van der Waals surface area (Å²) in [4.78, 5) is 24.8. The number of nitrogens with one attached hydrogen (secondary N) is 1. The molecule has 7 nitrogen and oxygen atoms in total. The minimum absolute atomic E-state index is 0.198. The first kappa shape index (κ1) is 15.7. The van der Waals surface area contributed by atoms with Crippen LogP contribution in [0.3, 0.4) is 0 Å². The molecule has 7 heteroatoms. The van der Waals surface area contributed by atoms with Crippen molar-refractivity contribution >= 4 is 28.8 Å². The quantitative estimate of drug-likeness (QED) is 0.762. The van der Waals surface area contributed by atoms with Crippen LogP contribution in [0, 0.1) is 6.92 Å². The van der Waals surface area contributed by atoms with Crippen LogP contribution >= 0.6 is 0 Å². The Morgan fingerprint density at radius 1 is 1.29 bits per heavy atom. The van der Waals surface area contributed by atoms with Gasteiger partial charge >= 0.3 is 6.09 Å². The van der Waals surface area contributed by atoms with E-state index in [9.17, 15) is 4.79 Å². The summed E-state index contributed by atoms with van der Waals surface area (Å²) in [6.45, 7) is 3.87. The summed E-state index contributed by atoms with van der Waals surface area (Å²) >= 11 is 0. The number of nitrogen functional groups attached to an aromatic ring is 1. The second-order valence-corrected chi connectivity index (χ2v) is 5.13. The van der Waals surface area contributed by atoms with Crippen molar-refractivity contribution in [3.63, 3.8) is 0 Å². The standard InChI is InChI=1S/C17H17N5O2/c1-3-24-17(23)21-13-9-12-15(16(18)20-13)22-14(10(2)19-12)11-7-5-4-6-8-11/h4-9H,3H2,1-2H3,(H3,18,20,21,23)/i4+2,5+2,6+2,7+2,8+2,11+2. The van der Waals surface area contributed by atoms with Gasteiger partial charge in [-0.25, -0.2) is 19.7 Å². The van der Waals surface area contributed by atoms with Gasteiger partial charge in [0.15, 0.2) is 5.82 Å². The van der Waals surface area contributed by atoms with Crippen molar-refractivity contribution in [1.29, 1.82) is 0 Å². The van der Waals surface area contributed by atoms with Crippen molar-refractivity contribution in [3.8, 4) is 11.3 Å². The molecule has 24 heavy (non-hydrogen) atoms. The lowest BCUT2D eigenvalue weighted by Crippen LogP contribution is -2.15. The number of rotatable bonds is 3. The Balaban J connectivity index is 2.05. The fourth-order valence-electron chi connectivity index (χ4n) is 2.38. The smallest absolute Gasteiger partial charge is 0.412 e. The highest BCUT2D eigenvalue weighted by Crippen LogP contribution is 2.26. The van der Waals surface area contributed by atoms with Crippen LogP contribution in [-0.2, 0) is 4.74 Å². The van der Waals surface area contributed by atoms with E-state index in [1.807, 2.05) is 37.3 Å². The molecule has 3 N–H and O–H groups in total. The van der Waals surface area contributed by atoms with Crippen LogP contribution in [0.4, 0.5) is 16.4 Å². The first-order valence-electron chi connectivity index (χ1n) is 7.52. The van der Waals surface area contributed by atoms with Gasteiger partial charge in [-0.05, 0) is 13.8 Å². The molecule has 0 radical (unpaired) electrons. The average molecular weight is 335 g/mol. The fourth-order valence-corrected chi connectivity index (χ4v) is 2.38. The van der Waals surface area contributed by atoms with Crippen LogP contribution in [0.15, 0.2) is 36.4 Å². The number of amides is 1. The average Bonchev–Trinajstić information content (AvgIpc) is 2.55. The zero-order valence-electron chi connectivity index (χ0n) is 13.4. The Bertz CT molecular complexity index is 896. The first-order valence-corrected chi connectivity index (χ1v) is 7.52. The Morgan fingerprint density at radius 3 is 2.75 bits per heavy atom. The second kappa shape index (κ2) is 6.49. The molecule has 0 unspecified atom stereocenters. The molecule has 0 aliphatic heterocycles. The molecule has 0 fully saturated rings. The molecule has 122 valence electrons. The van der Waals surface area contributed by atoms with Crippen molar-refractivity contribution in [3.05, 3.63) is 42.1 Å². The maximum absolute atomic E-state index is 11.5. The summed E-state index contributed by atoms with van der Waals surface area (Å²) in [5.41, 5.74) is 9.53. The van der Waals surface area contributed by atoms with E-state index in [4.69, 9.17) is 10.5 Å². The highest BCUT2D eigenvalue weighted by atomic mass is 16.5. The first-order chi connectivity index (χ1) is 11.6. The minimum Gasteiger partial charge on any atom is -0.450 e. The number of carbonyl (C=O) groups is 1. The Kier molecular flexibility index (Phi) is 4.24. The fraction of sp³-hybridized carbons (Fsp3) is 0.176. The number of nitrogens with two attached hydrogens (primary N) is 1. The van der Waals surface area contributed by atoms with Crippen LogP contribution in [0.2, 0.25) is 0 Å². The van der Waals surface area contributed by atoms with E-state index in [-0.39, 0.29) is 18.2 Å². The third-order valence-electron chi connectivity index (χ3n) is 3.41. The molecule has 0 aliphatic carbocycles. The zero-order valence-corrected chi connectivity index (χ0v) is 13.4. The van der Waals surface area contributed by atoms with Gasteiger partial charge in [0.1, 0.15) is 11.3 Å². The summed E-state index contributed by atoms with van der Waals surface area (Å²) in [6, 6.07) is 11.4. The number of fused-ring (bicyclic) bond motifs is 1. The van der Waals surface area contributed by atoms with E-state index in [2.05, 4.69) is 20.3 Å². The van der Waals surface area contributed by atoms with Crippen molar-refractivity contribution in [2.24, 2.45) is 0 Å². The number of aryl methyl sites for hydroxylation is 1. The van der Waals surface area contributed by atoms with Gasteiger partial charge < -0.3 is 10.5 Å². The van der Waals surface area contributed by atoms with E-state index < -0.39 is 6.09 Å². The molecule has 2 aromatic heterocycles. The van der Waals surface area contributed by atoms with Crippen LogP contribution < -0.4 is 11.1 Å². The number of hydrogen-bond acceptors (Lipinski definition) is 6. The number of hydrogen-bond donors (Lipinski definition) is 2. The second-order valence-electron chi connectivity index (χ2n) is 5.13. The molecule has 0 spiro atoms. The molecule has 0 saturated heterocycles. The van der Waals surface area contributed by atoms with Gasteiger partial charge in [-0.3, -0.25) is 5.32 Å². The maximum atomic E-state index is 11.5. The van der Waals surface area contributed by atoms with Crippen molar-refractivity contribution in [1.82, 2.24) is 15.0 Å². The van der Waals surface area contributed by atoms with E-state index in [0.717, 1.165) is 17.0 Å². The number of benzene rings is 1. The molecule has 3 aromatic rings. The summed E-state index contributed by atoms with van der Waals surface area (Å²) < 4.78 is 4.83. The number of pyridine rings is 1. The van der Waals surface area contributed by atoms with E-state index in [1.165, 1.54) is 0 Å². The lowest BCUT2D eigenvalue weighted by molar-refractivity contribution is 0.168. The van der Waals surface area contributed by atoms with Gasteiger partial charge in [0, 0.05) is 11.6 Å². The van der Waals surface area contributed by atoms with Crippen molar-refractivity contribution in [2.75, 3.05) is 17.7 Å². The largest absolute Gasteiger partial charge is 0.450 e. The molecule has 0 saturated carbocycles. The topological polar surface area (TPSA) is 103 Å². The third-order valence-corrected chi connectivity index (χ3v) is 3.41. The number of nitrogens with zero attached hydrogens (tertiary/aromatic N) is 3. The molecule has 1 amide bonds. The Hall–Kier alpha value is -3.22. The highest BCUT2D eigenvalue weighted by molar-refractivity contribution is 5.92. The van der Waals surface area contributed by atoms with Gasteiger partial charge in [-0.1, -0.05) is 30.3 Å². The van der Waals surface area contributed by atoms with Gasteiger partial charge in [0.05, 0.1) is 23.5 Å². The molecule has 0 atom stereocenters. The number of anilines is 2. The van der Waals surface area contributed by atoms with Crippen molar-refractivity contribution in [2.45, 2.75) is 13.8 Å². The molecule has 2 heterocycles. The third kappa shape index (κ3) is 3.10. The van der Waals surface area contributed by atoms with E-state index >= 15 is 0 Å². The minimum atomic E-state index is -0.589. The maximum Gasteiger partial charge on any atom is 0.412 e. The predicted octanol–water partition coefficient (Wildman–Crippen LogP) is 3.15. The molecule has 0 bridgehead atoms. The molecule has 0 aliphatic rings. The SMILES string of the molecule is CCOC(=O)Nc1cc2nc(C)c(-[14c]3[14cH][14cH][14cH][14cH][14cH]3)nc2c(N)n1. The van der Waals surface area contributed by atoms with Crippen LogP contribution in [-0.4, -0.2) is 27.7 Å². The van der Waals surface area contributed by atoms with E-state index in [1.54, 1.807) is 13.0 Å². The molecule has 3 rings (SSSR count). The zero-order chi connectivity index (χ0) is 17.1. The van der Waals surface area contributed by atoms with Gasteiger partial charge in [0.25, 0.3) is 0 Å². The number of aromatic nitrogens is 3. The number of carbonyl (C=O) groups excluding carboxylic acids is 1. The van der Waals surface area contributed by atoms with Crippen LogP contribution in [0.25, 0.3) is 22.3 Å². The number of ether oxygens (including phenoxy) is 1. The Labute approximate surface area is 138 Å². The normalized spacial score (nSPS) is 10.6. The Morgan fingerprint density at radius 2 is 2.04 bits per heavy atom. The van der Waals surface area contributed by atoms with Crippen LogP contribution in [0.5, 0.6) is 0 Å². The molecule has 1 aromatic carbocycles. The van der Waals surface area contributed by atoms with Crippen LogP contribution in [0.1, 0.15) is 12.6 Å². The molecular formula is C17H17N5O2. The van der Waals surface area contributed by atoms with E-state index in [0.29, 0.717) is 11.0 Å². The summed E-state index contributed by atoms with van der Waals surface area (Å²) in [5.74, 6) is 0.476. The van der Waals surface area contributed by atoms with Gasteiger partial charge in [0.2, 0.25) is 0 Å². The summed E-state index contributed by atoms with van der Waals surface area (Å²) in [6.07, 6.45) is -0.589. The summed E-state index contributed by atoms with van der Waals surface area (Å²) in [7, 11) is 0. The van der Waals surface area contributed by atoms with Gasteiger partial charge in [-0.15, -0.1) is 0 Å². The van der Waals surface area contributed by atoms with Gasteiger partial charge in [-0.2, -0.15) is 0 Å².